The molecule has 0 bridgehead atoms. The molecule has 2 aromatic rings. The first-order chi connectivity index (χ1) is 13.9. The van der Waals surface area contributed by atoms with E-state index in [1.165, 1.54) is 29.2 Å². The summed E-state index contributed by atoms with van der Waals surface area (Å²) in [6.07, 6.45) is 1.95. The zero-order valence-corrected chi connectivity index (χ0v) is 17.0. The number of unbranched alkanes of at least 4 members (excludes halogenated alkanes) is 1. The molecule has 0 fully saturated rings. The lowest BCUT2D eigenvalue weighted by molar-refractivity contribution is -0.116. The van der Waals surface area contributed by atoms with Gasteiger partial charge in [0.25, 0.3) is 5.91 Å². The van der Waals surface area contributed by atoms with E-state index in [2.05, 4.69) is 12.2 Å². The summed E-state index contributed by atoms with van der Waals surface area (Å²) in [6.45, 7) is 4.81. The van der Waals surface area contributed by atoms with E-state index in [0.717, 1.165) is 12.8 Å². The molecule has 7 heteroatoms. The van der Waals surface area contributed by atoms with Crippen molar-refractivity contribution >= 4 is 17.5 Å². The fraction of sp³-hybridized carbons (Fsp3) is 0.364. The van der Waals surface area contributed by atoms with E-state index in [4.69, 9.17) is 9.47 Å². The maximum Gasteiger partial charge on any atom is 0.254 e. The van der Waals surface area contributed by atoms with Crippen molar-refractivity contribution in [3.05, 3.63) is 53.8 Å². The smallest absolute Gasteiger partial charge is 0.254 e. The van der Waals surface area contributed by atoms with E-state index in [1.807, 2.05) is 6.92 Å². The van der Waals surface area contributed by atoms with Gasteiger partial charge >= 0.3 is 0 Å². The number of hydrogen-bond acceptors (Lipinski definition) is 4. The van der Waals surface area contributed by atoms with Crippen LogP contribution in [-0.2, 0) is 4.79 Å². The highest BCUT2D eigenvalue weighted by molar-refractivity contribution is 5.99. The summed E-state index contributed by atoms with van der Waals surface area (Å²) in [6, 6.07) is 10.4. The van der Waals surface area contributed by atoms with Crippen LogP contribution in [0.3, 0.4) is 0 Å². The lowest BCUT2D eigenvalue weighted by Crippen LogP contribution is -2.34. The van der Waals surface area contributed by atoms with E-state index >= 15 is 0 Å². The van der Waals surface area contributed by atoms with Crippen molar-refractivity contribution in [3.8, 4) is 11.5 Å². The van der Waals surface area contributed by atoms with E-state index in [1.54, 1.807) is 25.2 Å². The lowest BCUT2D eigenvalue weighted by atomic mass is 10.1. The van der Waals surface area contributed by atoms with Crippen LogP contribution in [0.15, 0.2) is 42.5 Å². The molecule has 29 heavy (non-hydrogen) atoms. The minimum Gasteiger partial charge on any atom is -0.490 e. The lowest BCUT2D eigenvalue weighted by Gasteiger charge is -2.18. The van der Waals surface area contributed by atoms with Gasteiger partial charge < -0.3 is 19.7 Å². The molecule has 0 aliphatic carbocycles. The van der Waals surface area contributed by atoms with E-state index in [9.17, 15) is 14.0 Å². The van der Waals surface area contributed by atoms with Gasteiger partial charge in [-0.15, -0.1) is 0 Å². The van der Waals surface area contributed by atoms with Crippen LogP contribution >= 0.6 is 0 Å². The first-order valence-electron chi connectivity index (χ1n) is 9.65. The van der Waals surface area contributed by atoms with Crippen molar-refractivity contribution in [2.24, 2.45) is 0 Å². The number of amides is 2. The number of nitrogens with one attached hydrogen (secondary N) is 1. The van der Waals surface area contributed by atoms with Crippen molar-refractivity contribution < 1.29 is 23.5 Å². The van der Waals surface area contributed by atoms with E-state index < -0.39 is 0 Å². The summed E-state index contributed by atoms with van der Waals surface area (Å²) in [5.74, 6) is 0.00650. The Morgan fingerprint density at radius 2 is 1.76 bits per heavy atom. The molecule has 0 unspecified atom stereocenters. The second kappa shape index (κ2) is 11.0. The maximum atomic E-state index is 12.9. The predicted octanol–water partition coefficient (Wildman–Crippen LogP) is 4.11. The fourth-order valence-corrected chi connectivity index (χ4v) is 2.60. The fourth-order valence-electron chi connectivity index (χ4n) is 2.60. The number of hydrogen-bond donors (Lipinski definition) is 1. The Morgan fingerprint density at radius 1 is 1.03 bits per heavy atom. The van der Waals surface area contributed by atoms with E-state index in [-0.39, 0.29) is 24.2 Å². The van der Waals surface area contributed by atoms with Crippen molar-refractivity contribution in [1.82, 2.24) is 4.90 Å². The molecule has 156 valence electrons. The summed E-state index contributed by atoms with van der Waals surface area (Å²) in [7, 11) is 1.54. The Hall–Kier alpha value is -3.09. The van der Waals surface area contributed by atoms with Gasteiger partial charge in [-0.25, -0.2) is 4.39 Å². The molecular weight excluding hydrogens is 375 g/mol. The minimum atomic E-state index is -0.387. The number of nitrogens with zero attached hydrogens (tertiary/aromatic N) is 1. The molecule has 2 amide bonds. The largest absolute Gasteiger partial charge is 0.490 e. The third-order valence-electron chi connectivity index (χ3n) is 4.10. The molecule has 0 aromatic heterocycles. The van der Waals surface area contributed by atoms with Gasteiger partial charge in [0, 0.05) is 18.3 Å². The first-order valence-corrected chi connectivity index (χ1v) is 9.65. The van der Waals surface area contributed by atoms with Crippen LogP contribution < -0.4 is 14.8 Å². The molecule has 0 radical (unpaired) electrons. The van der Waals surface area contributed by atoms with E-state index in [0.29, 0.717) is 36.0 Å². The molecule has 6 nitrogen and oxygen atoms in total. The highest BCUT2D eigenvalue weighted by atomic mass is 19.1. The number of ether oxygens (including phenoxy) is 2. The minimum absolute atomic E-state index is 0.144. The Morgan fingerprint density at radius 3 is 2.41 bits per heavy atom. The average Bonchev–Trinajstić information content (AvgIpc) is 2.70. The van der Waals surface area contributed by atoms with Crippen molar-refractivity contribution in [3.63, 3.8) is 0 Å². The van der Waals surface area contributed by atoms with Gasteiger partial charge in [-0.05, 0) is 55.8 Å². The average molecular weight is 402 g/mol. The third kappa shape index (κ3) is 6.78. The Bertz CT molecular complexity index is 824. The summed E-state index contributed by atoms with van der Waals surface area (Å²) < 4.78 is 24.3. The summed E-state index contributed by atoms with van der Waals surface area (Å²) >= 11 is 0. The van der Waals surface area contributed by atoms with Crippen LogP contribution in [0.25, 0.3) is 0 Å². The van der Waals surface area contributed by atoms with Crippen LogP contribution in [-0.4, -0.2) is 43.5 Å². The number of carbonyl (C=O) groups is 2. The monoisotopic (exact) mass is 402 g/mol. The molecule has 0 aliphatic heterocycles. The number of halogens is 1. The quantitative estimate of drug-likeness (QED) is 0.607. The van der Waals surface area contributed by atoms with Gasteiger partial charge in [-0.2, -0.15) is 0 Å². The molecule has 0 heterocycles. The van der Waals surface area contributed by atoms with Crippen LogP contribution in [0.4, 0.5) is 10.1 Å². The topological polar surface area (TPSA) is 67.9 Å². The molecule has 0 atom stereocenters. The summed E-state index contributed by atoms with van der Waals surface area (Å²) in [5, 5.41) is 2.63. The molecule has 0 spiro atoms. The molecule has 1 N–H and O–H groups in total. The summed E-state index contributed by atoms with van der Waals surface area (Å²) in [4.78, 5) is 26.2. The van der Waals surface area contributed by atoms with Gasteiger partial charge in [0.15, 0.2) is 11.5 Å². The molecule has 0 saturated carbocycles. The molecular formula is C22H27FN2O4. The molecule has 2 rings (SSSR count). The standard InChI is InChI=1S/C22H27FN2O4/c1-4-6-13-29-19-12-7-16(14-20(19)28-5-2)22(27)25(3)15-21(26)24-18-10-8-17(23)9-11-18/h7-12,14H,4-6,13,15H2,1-3H3,(H,24,26). The van der Waals surface area contributed by atoms with Gasteiger partial charge in [-0.1, -0.05) is 13.3 Å². The van der Waals surface area contributed by atoms with Gasteiger partial charge in [0.05, 0.1) is 19.8 Å². The third-order valence-corrected chi connectivity index (χ3v) is 4.10. The highest BCUT2D eigenvalue weighted by Gasteiger charge is 2.17. The zero-order chi connectivity index (χ0) is 21.2. The van der Waals surface area contributed by atoms with Gasteiger partial charge in [0.2, 0.25) is 5.91 Å². The Kier molecular flexibility index (Phi) is 8.45. The Labute approximate surface area is 170 Å². The second-order valence-electron chi connectivity index (χ2n) is 6.51. The molecule has 0 saturated heterocycles. The maximum absolute atomic E-state index is 12.9. The Balaban J connectivity index is 2.02. The number of benzene rings is 2. The number of anilines is 1. The van der Waals surface area contributed by atoms with Crippen LogP contribution in [0.5, 0.6) is 11.5 Å². The van der Waals surface area contributed by atoms with Gasteiger partial charge in [-0.3, -0.25) is 9.59 Å². The zero-order valence-electron chi connectivity index (χ0n) is 17.0. The molecule has 2 aromatic carbocycles. The number of rotatable bonds is 10. The predicted molar refractivity (Wildman–Crippen MR) is 110 cm³/mol. The number of likely N-dealkylation sites (N-methyl/N-ethyl adjacent to an activating group) is 1. The second-order valence-corrected chi connectivity index (χ2v) is 6.51. The SMILES string of the molecule is CCCCOc1ccc(C(=O)N(C)CC(=O)Nc2ccc(F)cc2)cc1OCC. The highest BCUT2D eigenvalue weighted by Crippen LogP contribution is 2.29. The summed E-state index contributed by atoms with van der Waals surface area (Å²) in [5.41, 5.74) is 0.859. The van der Waals surface area contributed by atoms with Gasteiger partial charge in [0.1, 0.15) is 5.82 Å². The number of carbonyl (C=O) groups excluding carboxylic acids is 2. The van der Waals surface area contributed by atoms with Crippen LogP contribution in [0.2, 0.25) is 0 Å². The van der Waals surface area contributed by atoms with Crippen LogP contribution in [0, 0.1) is 5.82 Å². The van der Waals surface area contributed by atoms with Crippen molar-refractivity contribution in [2.75, 3.05) is 32.1 Å². The van der Waals surface area contributed by atoms with Crippen molar-refractivity contribution in [1.29, 1.82) is 0 Å². The normalized spacial score (nSPS) is 10.3. The molecule has 0 aliphatic rings. The van der Waals surface area contributed by atoms with Crippen LogP contribution in [0.1, 0.15) is 37.0 Å². The first kappa shape index (κ1) is 22.2. The van der Waals surface area contributed by atoms with Crippen molar-refractivity contribution in [2.45, 2.75) is 26.7 Å².